The summed E-state index contributed by atoms with van der Waals surface area (Å²) in [6, 6.07) is 3.57. The molecule has 0 amide bonds. The van der Waals surface area contributed by atoms with Gasteiger partial charge in [-0.2, -0.15) is 18.3 Å². The van der Waals surface area contributed by atoms with Crippen molar-refractivity contribution < 1.29 is 31.1 Å². The van der Waals surface area contributed by atoms with Gasteiger partial charge in [-0.3, -0.25) is 4.68 Å². The zero-order valence-electron chi connectivity index (χ0n) is 14.5. The highest BCUT2D eigenvalue weighted by Crippen LogP contribution is 2.40. The zero-order valence-corrected chi connectivity index (χ0v) is 15.3. The van der Waals surface area contributed by atoms with Crippen molar-refractivity contribution in [2.45, 2.75) is 52.2 Å². The second-order valence-corrected chi connectivity index (χ2v) is 6.15. The molecular formula is C17H17ClF6N2O. The average Bonchev–Trinajstić information content (AvgIpc) is 2.87. The van der Waals surface area contributed by atoms with E-state index in [1.54, 1.807) is 13.8 Å². The van der Waals surface area contributed by atoms with E-state index in [1.165, 1.54) is 16.8 Å². The first-order valence-electron chi connectivity index (χ1n) is 8.16. The molecule has 1 heterocycles. The monoisotopic (exact) mass is 414 g/mol. The molecule has 0 fully saturated rings. The van der Waals surface area contributed by atoms with E-state index < -0.39 is 31.1 Å². The fraction of sp³-hybridized carbons (Fsp3) is 0.471. The van der Waals surface area contributed by atoms with Crippen molar-refractivity contribution in [3.05, 3.63) is 34.5 Å². The number of aryl methyl sites for hydroxylation is 3. The number of halogens is 7. The summed E-state index contributed by atoms with van der Waals surface area (Å²) >= 11 is 6.28. The lowest BCUT2D eigenvalue weighted by Gasteiger charge is -2.16. The number of aromatic nitrogens is 2. The fourth-order valence-corrected chi connectivity index (χ4v) is 2.99. The van der Waals surface area contributed by atoms with Crippen LogP contribution >= 0.6 is 11.6 Å². The number of ether oxygens (including phenoxy) is 1. The van der Waals surface area contributed by atoms with E-state index in [9.17, 15) is 26.3 Å². The molecule has 1 aromatic carbocycles. The van der Waals surface area contributed by atoms with E-state index in [0.29, 0.717) is 18.7 Å². The highest BCUT2D eigenvalue weighted by atomic mass is 35.5. The van der Waals surface area contributed by atoms with Crippen LogP contribution in [0.25, 0.3) is 11.3 Å². The van der Waals surface area contributed by atoms with E-state index in [0.717, 1.165) is 6.07 Å². The number of alkyl halides is 6. The van der Waals surface area contributed by atoms with Crippen molar-refractivity contribution in [3.8, 4) is 17.0 Å². The summed E-state index contributed by atoms with van der Waals surface area (Å²) in [6.45, 7) is 3.88. The molecule has 2 aromatic rings. The number of rotatable bonds is 6. The minimum Gasteiger partial charge on any atom is -0.405 e. The molecule has 0 spiro atoms. The number of hydrogen-bond donors (Lipinski definition) is 0. The van der Waals surface area contributed by atoms with Gasteiger partial charge in [0.15, 0.2) is 0 Å². The van der Waals surface area contributed by atoms with Gasteiger partial charge in [0.05, 0.1) is 16.4 Å². The van der Waals surface area contributed by atoms with Gasteiger partial charge in [-0.1, -0.05) is 24.6 Å². The van der Waals surface area contributed by atoms with Crippen LogP contribution in [0.2, 0.25) is 5.02 Å². The third kappa shape index (κ3) is 5.54. The molecule has 1 aromatic heterocycles. The van der Waals surface area contributed by atoms with E-state index in [-0.39, 0.29) is 21.8 Å². The standard InChI is InChI=1S/C17H17ClF6N2O/c1-3-12-14(18)15(26(4-2)25-12)11-6-5-10(7-8-16(19,20)21)9-13(11)27-17(22,23)24/h5-6,9H,3-4,7-8H2,1-2H3. The summed E-state index contributed by atoms with van der Waals surface area (Å²) in [4.78, 5) is 0. The molecule has 0 aliphatic heterocycles. The van der Waals surface area contributed by atoms with Gasteiger partial charge in [0.2, 0.25) is 0 Å². The molecule has 0 unspecified atom stereocenters. The van der Waals surface area contributed by atoms with Gasteiger partial charge < -0.3 is 4.74 Å². The van der Waals surface area contributed by atoms with E-state index in [2.05, 4.69) is 9.84 Å². The van der Waals surface area contributed by atoms with Crippen LogP contribution in [0.15, 0.2) is 18.2 Å². The topological polar surface area (TPSA) is 27.1 Å². The maximum atomic E-state index is 12.8. The maximum Gasteiger partial charge on any atom is 0.573 e. The summed E-state index contributed by atoms with van der Waals surface area (Å²) in [5, 5.41) is 4.44. The van der Waals surface area contributed by atoms with Crippen molar-refractivity contribution in [2.75, 3.05) is 0 Å². The largest absolute Gasteiger partial charge is 0.573 e. The summed E-state index contributed by atoms with van der Waals surface area (Å²) < 4.78 is 81.3. The third-order valence-electron chi connectivity index (χ3n) is 3.82. The van der Waals surface area contributed by atoms with Crippen LogP contribution in [0, 0.1) is 0 Å². The van der Waals surface area contributed by atoms with Gasteiger partial charge in [0.1, 0.15) is 5.75 Å². The molecule has 27 heavy (non-hydrogen) atoms. The maximum absolute atomic E-state index is 12.8. The fourth-order valence-electron chi connectivity index (χ4n) is 2.61. The van der Waals surface area contributed by atoms with Crippen LogP contribution in [0.5, 0.6) is 5.75 Å². The predicted molar refractivity (Wildman–Crippen MR) is 88.8 cm³/mol. The predicted octanol–water partition coefficient (Wildman–Crippen LogP) is 6.18. The lowest BCUT2D eigenvalue weighted by atomic mass is 10.0. The molecule has 0 saturated heterocycles. The van der Waals surface area contributed by atoms with Gasteiger partial charge in [-0.15, -0.1) is 13.2 Å². The van der Waals surface area contributed by atoms with Crippen LogP contribution in [0.4, 0.5) is 26.3 Å². The van der Waals surface area contributed by atoms with Crippen LogP contribution in [0.3, 0.4) is 0 Å². The SMILES string of the molecule is CCc1nn(CC)c(-c2ccc(CCC(F)(F)F)cc2OC(F)(F)F)c1Cl. The van der Waals surface area contributed by atoms with E-state index >= 15 is 0 Å². The second-order valence-electron chi connectivity index (χ2n) is 5.77. The van der Waals surface area contributed by atoms with Gasteiger partial charge >= 0.3 is 12.5 Å². The quantitative estimate of drug-likeness (QED) is 0.528. The molecule has 3 nitrogen and oxygen atoms in total. The Morgan fingerprint density at radius 2 is 1.78 bits per heavy atom. The molecule has 0 aliphatic carbocycles. The molecule has 0 saturated carbocycles. The summed E-state index contributed by atoms with van der Waals surface area (Å²) in [6.07, 6.45) is -10.6. The Morgan fingerprint density at radius 3 is 2.30 bits per heavy atom. The van der Waals surface area contributed by atoms with Gasteiger partial charge in [-0.05, 0) is 37.5 Å². The lowest BCUT2D eigenvalue weighted by Crippen LogP contribution is -2.18. The number of nitrogens with zero attached hydrogens (tertiary/aromatic N) is 2. The van der Waals surface area contributed by atoms with Gasteiger partial charge in [-0.25, -0.2) is 0 Å². The van der Waals surface area contributed by atoms with Crippen molar-refractivity contribution in [3.63, 3.8) is 0 Å². The molecular weight excluding hydrogens is 398 g/mol. The molecule has 10 heteroatoms. The summed E-state index contributed by atoms with van der Waals surface area (Å²) in [5.74, 6) is -0.610. The second kappa shape index (κ2) is 8.00. The molecule has 0 N–H and O–H groups in total. The Bertz CT molecular complexity index is 798. The van der Waals surface area contributed by atoms with Crippen molar-refractivity contribution >= 4 is 11.6 Å². The Hall–Kier alpha value is -1.90. The Morgan fingerprint density at radius 1 is 1.11 bits per heavy atom. The number of benzene rings is 1. The normalized spacial score (nSPS) is 12.5. The van der Waals surface area contributed by atoms with Crippen molar-refractivity contribution in [2.24, 2.45) is 0 Å². The number of hydrogen-bond acceptors (Lipinski definition) is 2. The molecule has 0 atom stereocenters. The molecule has 2 rings (SSSR count). The Balaban J connectivity index is 2.54. The first-order valence-corrected chi connectivity index (χ1v) is 8.54. The Kier molecular flexibility index (Phi) is 6.34. The zero-order chi connectivity index (χ0) is 20.4. The first-order chi connectivity index (χ1) is 12.4. The van der Waals surface area contributed by atoms with Crippen LogP contribution < -0.4 is 4.74 Å². The summed E-state index contributed by atoms with van der Waals surface area (Å²) in [5.41, 5.74) is 0.831. The van der Waals surface area contributed by atoms with Gasteiger partial charge in [0.25, 0.3) is 0 Å². The Labute approximate surface area is 156 Å². The molecule has 0 aliphatic rings. The first kappa shape index (κ1) is 21.4. The molecule has 0 radical (unpaired) electrons. The minimum absolute atomic E-state index is 0.0159. The van der Waals surface area contributed by atoms with E-state index in [4.69, 9.17) is 11.6 Å². The summed E-state index contributed by atoms with van der Waals surface area (Å²) in [7, 11) is 0. The molecule has 0 bridgehead atoms. The van der Waals surface area contributed by atoms with Gasteiger partial charge in [0, 0.05) is 18.5 Å². The van der Waals surface area contributed by atoms with E-state index in [1.807, 2.05) is 0 Å². The smallest absolute Gasteiger partial charge is 0.405 e. The average molecular weight is 415 g/mol. The molecule has 150 valence electrons. The van der Waals surface area contributed by atoms with Crippen LogP contribution in [-0.2, 0) is 19.4 Å². The van der Waals surface area contributed by atoms with Crippen molar-refractivity contribution in [1.29, 1.82) is 0 Å². The highest BCUT2D eigenvalue weighted by Gasteiger charge is 2.34. The highest BCUT2D eigenvalue weighted by molar-refractivity contribution is 6.33. The minimum atomic E-state index is -5.01. The third-order valence-corrected chi connectivity index (χ3v) is 4.22. The lowest BCUT2D eigenvalue weighted by molar-refractivity contribution is -0.274. The van der Waals surface area contributed by atoms with Crippen LogP contribution in [-0.4, -0.2) is 22.3 Å². The van der Waals surface area contributed by atoms with Crippen LogP contribution in [0.1, 0.15) is 31.5 Å². The van der Waals surface area contributed by atoms with Crippen molar-refractivity contribution in [1.82, 2.24) is 9.78 Å².